The lowest BCUT2D eigenvalue weighted by atomic mass is 10.1. The second-order valence-electron chi connectivity index (χ2n) is 5.54. The number of methoxy groups -OCH3 is 1. The number of piperazine rings is 1. The smallest absolute Gasteiger partial charge is 0.254 e. The van der Waals surface area contributed by atoms with Crippen LogP contribution < -0.4 is 4.74 Å². The number of hydrogen-bond acceptors (Lipinski definition) is 4. The molecule has 2 aromatic rings. The van der Waals surface area contributed by atoms with Crippen LogP contribution in [0.15, 0.2) is 35.0 Å². The summed E-state index contributed by atoms with van der Waals surface area (Å²) in [5.74, 6) is 0.532. The van der Waals surface area contributed by atoms with E-state index >= 15 is 0 Å². The molecule has 0 bridgehead atoms. The maximum Gasteiger partial charge on any atom is 0.254 e. The molecule has 0 atom stereocenters. The first-order chi connectivity index (χ1) is 11.2. The van der Waals surface area contributed by atoms with Gasteiger partial charge in [-0.25, -0.2) is 4.39 Å². The van der Waals surface area contributed by atoms with Gasteiger partial charge in [0.1, 0.15) is 11.6 Å². The number of rotatable bonds is 4. The predicted molar refractivity (Wildman–Crippen MR) is 88.5 cm³/mol. The number of ether oxygens (including phenoxy) is 1. The Morgan fingerprint density at radius 2 is 2.04 bits per heavy atom. The van der Waals surface area contributed by atoms with Crippen LogP contribution in [0.3, 0.4) is 0 Å². The zero-order valence-corrected chi connectivity index (χ0v) is 13.8. The molecule has 1 aliphatic heterocycles. The third-order valence-electron chi connectivity index (χ3n) is 4.06. The van der Waals surface area contributed by atoms with Crippen molar-refractivity contribution in [1.82, 2.24) is 9.80 Å². The Morgan fingerprint density at radius 3 is 2.70 bits per heavy atom. The van der Waals surface area contributed by atoms with E-state index in [0.29, 0.717) is 25.4 Å². The summed E-state index contributed by atoms with van der Waals surface area (Å²) in [5, 5.41) is 3.80. The Hall–Kier alpha value is -1.92. The fourth-order valence-electron chi connectivity index (χ4n) is 2.79. The zero-order chi connectivity index (χ0) is 16.2. The highest BCUT2D eigenvalue weighted by atomic mass is 32.1. The van der Waals surface area contributed by atoms with Gasteiger partial charge in [0.05, 0.1) is 12.7 Å². The highest BCUT2D eigenvalue weighted by molar-refractivity contribution is 7.08. The first kappa shape index (κ1) is 16.0. The van der Waals surface area contributed by atoms with Crippen molar-refractivity contribution in [3.63, 3.8) is 0 Å². The molecule has 1 amide bonds. The number of carbonyl (C=O) groups is 1. The van der Waals surface area contributed by atoms with Crippen LogP contribution in [0.25, 0.3) is 0 Å². The molecule has 1 fully saturated rings. The fraction of sp³-hybridized carbons (Fsp3) is 0.353. The van der Waals surface area contributed by atoms with E-state index < -0.39 is 0 Å². The van der Waals surface area contributed by atoms with Crippen molar-refractivity contribution < 1.29 is 13.9 Å². The van der Waals surface area contributed by atoms with Gasteiger partial charge in [0.2, 0.25) is 0 Å². The number of hydrogen-bond donors (Lipinski definition) is 0. The Morgan fingerprint density at radius 1 is 1.26 bits per heavy atom. The van der Waals surface area contributed by atoms with Gasteiger partial charge in [-0.3, -0.25) is 9.69 Å². The molecule has 122 valence electrons. The van der Waals surface area contributed by atoms with Crippen LogP contribution in [0.4, 0.5) is 4.39 Å². The average Bonchev–Trinajstić information content (AvgIpc) is 3.10. The summed E-state index contributed by atoms with van der Waals surface area (Å²) in [6.45, 7) is 3.55. The van der Waals surface area contributed by atoms with Crippen molar-refractivity contribution in [3.8, 4) is 5.75 Å². The Bertz CT molecular complexity index is 667. The van der Waals surface area contributed by atoms with E-state index in [9.17, 15) is 9.18 Å². The maximum atomic E-state index is 13.4. The van der Waals surface area contributed by atoms with Crippen molar-refractivity contribution in [1.29, 1.82) is 0 Å². The number of benzene rings is 1. The Labute approximate surface area is 139 Å². The van der Waals surface area contributed by atoms with Gasteiger partial charge in [-0.05, 0) is 29.6 Å². The average molecular weight is 334 g/mol. The van der Waals surface area contributed by atoms with Crippen LogP contribution in [0, 0.1) is 5.82 Å². The predicted octanol–water partition coefficient (Wildman–Crippen LogP) is 2.85. The molecule has 23 heavy (non-hydrogen) atoms. The second kappa shape index (κ2) is 7.10. The Balaban J connectivity index is 1.59. The molecule has 0 saturated carbocycles. The number of thiophene rings is 1. The lowest BCUT2D eigenvalue weighted by Crippen LogP contribution is -2.48. The summed E-state index contributed by atoms with van der Waals surface area (Å²) in [6.07, 6.45) is 0. The number of nitrogens with zero attached hydrogens (tertiary/aromatic N) is 2. The van der Waals surface area contributed by atoms with Crippen LogP contribution in [0.2, 0.25) is 0 Å². The molecule has 0 N–H and O–H groups in total. The number of carbonyl (C=O) groups excluding carboxylic acids is 1. The van der Waals surface area contributed by atoms with E-state index in [1.807, 2.05) is 21.7 Å². The van der Waals surface area contributed by atoms with E-state index in [-0.39, 0.29) is 11.7 Å². The summed E-state index contributed by atoms with van der Waals surface area (Å²) in [7, 11) is 1.59. The molecule has 3 rings (SSSR count). The van der Waals surface area contributed by atoms with Crippen molar-refractivity contribution in [2.24, 2.45) is 0 Å². The molecule has 1 aliphatic rings. The van der Waals surface area contributed by atoms with Gasteiger partial charge in [0, 0.05) is 43.7 Å². The fourth-order valence-corrected chi connectivity index (χ4v) is 3.42. The van der Waals surface area contributed by atoms with Gasteiger partial charge in [0.25, 0.3) is 5.91 Å². The SMILES string of the molecule is COc1ccc(F)cc1CN1CCN(C(=O)c2ccsc2)CC1. The molecular weight excluding hydrogens is 315 g/mol. The lowest BCUT2D eigenvalue weighted by molar-refractivity contribution is 0.0628. The summed E-state index contributed by atoms with van der Waals surface area (Å²) >= 11 is 1.53. The molecule has 0 aliphatic carbocycles. The van der Waals surface area contributed by atoms with Crippen molar-refractivity contribution in [2.75, 3.05) is 33.3 Å². The number of halogens is 1. The minimum atomic E-state index is -0.257. The second-order valence-corrected chi connectivity index (χ2v) is 6.32. The summed E-state index contributed by atoms with van der Waals surface area (Å²) in [5.41, 5.74) is 1.60. The van der Waals surface area contributed by atoms with E-state index in [1.165, 1.54) is 23.5 Å². The van der Waals surface area contributed by atoms with Gasteiger partial charge in [0.15, 0.2) is 0 Å². The van der Waals surface area contributed by atoms with Gasteiger partial charge < -0.3 is 9.64 Å². The van der Waals surface area contributed by atoms with Crippen molar-refractivity contribution in [2.45, 2.75) is 6.54 Å². The first-order valence-corrected chi connectivity index (χ1v) is 8.48. The highest BCUT2D eigenvalue weighted by Crippen LogP contribution is 2.22. The summed E-state index contributed by atoms with van der Waals surface area (Å²) in [6, 6.07) is 6.43. The quantitative estimate of drug-likeness (QED) is 0.862. The topological polar surface area (TPSA) is 32.8 Å². The van der Waals surface area contributed by atoms with Crippen LogP contribution in [0.5, 0.6) is 5.75 Å². The molecular formula is C17H19FN2O2S. The zero-order valence-electron chi connectivity index (χ0n) is 13.0. The molecule has 1 saturated heterocycles. The molecule has 1 aromatic carbocycles. The summed E-state index contributed by atoms with van der Waals surface area (Å²) < 4.78 is 18.7. The molecule has 6 heteroatoms. The molecule has 2 heterocycles. The lowest BCUT2D eigenvalue weighted by Gasteiger charge is -2.34. The van der Waals surface area contributed by atoms with Crippen LogP contribution in [0.1, 0.15) is 15.9 Å². The van der Waals surface area contributed by atoms with E-state index in [4.69, 9.17) is 4.74 Å². The van der Waals surface area contributed by atoms with Gasteiger partial charge in [-0.1, -0.05) is 0 Å². The van der Waals surface area contributed by atoms with E-state index in [1.54, 1.807) is 13.2 Å². The molecule has 4 nitrogen and oxygen atoms in total. The Kier molecular flexibility index (Phi) is 4.93. The highest BCUT2D eigenvalue weighted by Gasteiger charge is 2.23. The van der Waals surface area contributed by atoms with Crippen LogP contribution in [-0.4, -0.2) is 49.0 Å². The summed E-state index contributed by atoms with van der Waals surface area (Å²) in [4.78, 5) is 16.4. The standard InChI is InChI=1S/C17H19FN2O2S/c1-22-16-3-2-15(18)10-14(16)11-19-5-7-20(8-6-19)17(21)13-4-9-23-12-13/h2-4,9-10,12H,5-8,11H2,1H3. The largest absolute Gasteiger partial charge is 0.496 e. The normalized spacial score (nSPS) is 15.7. The van der Waals surface area contributed by atoms with Gasteiger partial charge in [-0.15, -0.1) is 0 Å². The third-order valence-corrected chi connectivity index (χ3v) is 4.75. The monoisotopic (exact) mass is 334 g/mol. The van der Waals surface area contributed by atoms with Gasteiger partial charge in [-0.2, -0.15) is 11.3 Å². The minimum Gasteiger partial charge on any atom is -0.496 e. The van der Waals surface area contributed by atoms with Gasteiger partial charge >= 0.3 is 0 Å². The van der Waals surface area contributed by atoms with E-state index in [2.05, 4.69) is 4.90 Å². The van der Waals surface area contributed by atoms with Crippen LogP contribution in [-0.2, 0) is 6.54 Å². The maximum absolute atomic E-state index is 13.4. The van der Waals surface area contributed by atoms with E-state index in [0.717, 1.165) is 24.2 Å². The molecule has 0 radical (unpaired) electrons. The molecule has 0 unspecified atom stereocenters. The van der Waals surface area contributed by atoms with Crippen LogP contribution >= 0.6 is 11.3 Å². The molecule has 1 aromatic heterocycles. The molecule has 0 spiro atoms. The van der Waals surface area contributed by atoms with Crippen molar-refractivity contribution >= 4 is 17.2 Å². The van der Waals surface area contributed by atoms with Crippen molar-refractivity contribution in [3.05, 3.63) is 52.0 Å². The first-order valence-electron chi connectivity index (χ1n) is 7.53. The number of amides is 1. The minimum absolute atomic E-state index is 0.0919. The third kappa shape index (κ3) is 3.71.